The number of hydrogen-bond acceptors (Lipinski definition) is 5. The van der Waals surface area contributed by atoms with Crippen LogP contribution in [0.25, 0.3) is 0 Å². The van der Waals surface area contributed by atoms with Crippen LogP contribution in [0, 0.1) is 10.1 Å². The Balaban J connectivity index is 2.71. The Morgan fingerprint density at radius 3 is 2.57 bits per heavy atom. The maximum atomic E-state index is 12.7. The second-order valence-corrected chi connectivity index (χ2v) is 4.90. The molecule has 0 aliphatic carbocycles. The molecule has 0 saturated carbocycles. The second-order valence-electron chi connectivity index (χ2n) is 4.49. The molecule has 0 aromatic heterocycles. The summed E-state index contributed by atoms with van der Waals surface area (Å²) in [5.41, 5.74) is -1.98. The first kappa shape index (κ1) is 19.5. The van der Waals surface area contributed by atoms with Crippen molar-refractivity contribution in [3.8, 4) is 0 Å². The lowest BCUT2D eigenvalue weighted by atomic mass is 10.1. The minimum atomic E-state index is -4.75. The monoisotopic (exact) mass is 356 g/mol. The summed E-state index contributed by atoms with van der Waals surface area (Å²) in [5.74, 6) is 0. The molecule has 0 saturated heterocycles. The van der Waals surface area contributed by atoms with Gasteiger partial charge in [-0.25, -0.2) is 0 Å². The lowest BCUT2D eigenvalue weighted by molar-refractivity contribution is -0.384. The number of nitro benzene ring substituents is 1. The third-order valence-electron chi connectivity index (χ3n) is 2.80. The summed E-state index contributed by atoms with van der Waals surface area (Å²) in [6.45, 7) is 1.55. The maximum Gasteiger partial charge on any atom is 0.418 e. The molecular weight excluding hydrogens is 341 g/mol. The summed E-state index contributed by atoms with van der Waals surface area (Å²) in [7, 11) is 1.54. The molecule has 0 radical (unpaired) electrons. The molecule has 0 spiro atoms. The average molecular weight is 357 g/mol. The van der Waals surface area contributed by atoms with Crippen molar-refractivity contribution in [3.63, 3.8) is 0 Å². The van der Waals surface area contributed by atoms with Crippen LogP contribution in [0.1, 0.15) is 12.0 Å². The van der Waals surface area contributed by atoms with E-state index >= 15 is 0 Å². The first-order valence-corrected chi connectivity index (χ1v) is 7.01. The zero-order chi connectivity index (χ0) is 17.5. The number of rotatable bonds is 9. The Kier molecular flexibility index (Phi) is 7.53. The topological polar surface area (TPSA) is 73.6 Å². The van der Waals surface area contributed by atoms with Crippen molar-refractivity contribution in [1.82, 2.24) is 0 Å². The third kappa shape index (κ3) is 6.20. The van der Waals surface area contributed by atoms with Gasteiger partial charge in [0.2, 0.25) is 0 Å². The van der Waals surface area contributed by atoms with Gasteiger partial charge in [0.1, 0.15) is 5.69 Å². The van der Waals surface area contributed by atoms with Gasteiger partial charge in [-0.3, -0.25) is 10.1 Å². The summed E-state index contributed by atoms with van der Waals surface area (Å²) in [4.78, 5) is 10.0. The normalized spacial score (nSPS) is 11.5. The number of hydrogen-bond donors (Lipinski definition) is 1. The molecule has 10 heteroatoms. The van der Waals surface area contributed by atoms with E-state index in [4.69, 9.17) is 21.1 Å². The molecule has 0 aliphatic heterocycles. The highest BCUT2D eigenvalue weighted by atomic mass is 35.5. The van der Waals surface area contributed by atoms with Crippen molar-refractivity contribution < 1.29 is 27.6 Å². The zero-order valence-electron chi connectivity index (χ0n) is 12.3. The van der Waals surface area contributed by atoms with Gasteiger partial charge in [-0.1, -0.05) is 11.6 Å². The number of alkyl halides is 3. The number of ether oxygens (including phenoxy) is 2. The van der Waals surface area contributed by atoms with Crippen molar-refractivity contribution >= 4 is 23.0 Å². The molecule has 1 aromatic carbocycles. The number of benzene rings is 1. The highest BCUT2D eigenvalue weighted by molar-refractivity contribution is 6.31. The lowest BCUT2D eigenvalue weighted by Crippen LogP contribution is -2.11. The molecule has 0 fully saturated rings. The van der Waals surface area contributed by atoms with Crippen LogP contribution in [-0.4, -0.2) is 38.4 Å². The predicted molar refractivity (Wildman–Crippen MR) is 78.9 cm³/mol. The van der Waals surface area contributed by atoms with Crippen LogP contribution < -0.4 is 5.32 Å². The van der Waals surface area contributed by atoms with E-state index in [-0.39, 0.29) is 12.2 Å². The molecular formula is C13H16ClF3N2O4. The summed E-state index contributed by atoms with van der Waals surface area (Å²) in [6.07, 6.45) is -4.24. The van der Waals surface area contributed by atoms with Crippen molar-refractivity contribution in [2.24, 2.45) is 0 Å². The lowest BCUT2D eigenvalue weighted by Gasteiger charge is -2.12. The smallest absolute Gasteiger partial charge is 0.382 e. The van der Waals surface area contributed by atoms with Crippen molar-refractivity contribution in [1.29, 1.82) is 0 Å². The van der Waals surface area contributed by atoms with Gasteiger partial charge < -0.3 is 14.8 Å². The van der Waals surface area contributed by atoms with Gasteiger partial charge in [0.25, 0.3) is 5.69 Å². The van der Waals surface area contributed by atoms with Crippen molar-refractivity contribution in [2.45, 2.75) is 12.6 Å². The molecule has 6 nitrogen and oxygen atoms in total. The fourth-order valence-electron chi connectivity index (χ4n) is 1.71. The summed E-state index contributed by atoms with van der Waals surface area (Å²) in [5, 5.41) is 13.0. The first-order valence-electron chi connectivity index (χ1n) is 6.63. The van der Waals surface area contributed by atoms with E-state index < -0.39 is 27.4 Å². The number of nitro groups is 1. The Bertz CT molecular complexity index is 541. The molecule has 0 bridgehead atoms. The average Bonchev–Trinajstić information content (AvgIpc) is 2.44. The van der Waals surface area contributed by atoms with E-state index in [0.717, 1.165) is 6.07 Å². The highest BCUT2D eigenvalue weighted by Crippen LogP contribution is 2.40. The number of anilines is 1. The number of halogens is 4. The third-order valence-corrected chi connectivity index (χ3v) is 3.11. The summed E-state index contributed by atoms with van der Waals surface area (Å²) < 4.78 is 48.2. The Labute approximate surface area is 135 Å². The Morgan fingerprint density at radius 1 is 1.30 bits per heavy atom. The van der Waals surface area contributed by atoms with Gasteiger partial charge >= 0.3 is 6.18 Å². The van der Waals surface area contributed by atoms with E-state index in [0.29, 0.717) is 32.3 Å². The van der Waals surface area contributed by atoms with E-state index in [1.807, 2.05) is 0 Å². The summed E-state index contributed by atoms with van der Waals surface area (Å²) in [6, 6.07) is 1.34. The predicted octanol–water partition coefficient (Wildman–Crippen LogP) is 3.73. The van der Waals surface area contributed by atoms with Crippen LogP contribution in [0.15, 0.2) is 12.1 Å². The van der Waals surface area contributed by atoms with Gasteiger partial charge in [-0.15, -0.1) is 0 Å². The van der Waals surface area contributed by atoms with Gasteiger partial charge in [0.05, 0.1) is 28.7 Å². The molecule has 0 aliphatic rings. The van der Waals surface area contributed by atoms with E-state index in [2.05, 4.69) is 5.32 Å². The molecule has 130 valence electrons. The van der Waals surface area contributed by atoms with Gasteiger partial charge in [0.15, 0.2) is 0 Å². The molecule has 23 heavy (non-hydrogen) atoms. The van der Waals surface area contributed by atoms with Crippen LogP contribution in [-0.2, 0) is 15.7 Å². The Morgan fingerprint density at radius 2 is 2.00 bits per heavy atom. The molecule has 1 N–H and O–H groups in total. The summed E-state index contributed by atoms with van der Waals surface area (Å²) >= 11 is 5.57. The van der Waals surface area contributed by atoms with Crippen LogP contribution in [0.4, 0.5) is 24.5 Å². The van der Waals surface area contributed by atoms with E-state index in [1.165, 1.54) is 0 Å². The fourth-order valence-corrected chi connectivity index (χ4v) is 1.98. The SMILES string of the molecule is COCCOCCCNc1cc(Cl)c(C(F)(F)F)cc1[N+](=O)[O-]. The quantitative estimate of drug-likeness (QED) is 0.414. The van der Waals surface area contributed by atoms with Gasteiger partial charge in [-0.2, -0.15) is 13.2 Å². The van der Waals surface area contributed by atoms with Gasteiger partial charge in [0, 0.05) is 26.3 Å². The fraction of sp³-hybridized carbons (Fsp3) is 0.538. The molecule has 1 rings (SSSR count). The number of methoxy groups -OCH3 is 1. The second kappa shape index (κ2) is 8.90. The largest absolute Gasteiger partial charge is 0.418 e. The van der Waals surface area contributed by atoms with Crippen LogP contribution in [0.2, 0.25) is 5.02 Å². The number of nitrogens with one attached hydrogen (secondary N) is 1. The highest BCUT2D eigenvalue weighted by Gasteiger charge is 2.36. The van der Waals surface area contributed by atoms with Gasteiger partial charge in [-0.05, 0) is 12.5 Å². The molecule has 0 unspecified atom stereocenters. The molecule has 0 atom stereocenters. The van der Waals surface area contributed by atoms with Crippen LogP contribution >= 0.6 is 11.6 Å². The van der Waals surface area contributed by atoms with E-state index in [9.17, 15) is 23.3 Å². The van der Waals surface area contributed by atoms with Crippen molar-refractivity contribution in [2.75, 3.05) is 38.8 Å². The standard InChI is InChI=1S/C13H16ClF3N2O4/c1-22-5-6-23-4-2-3-18-11-8-10(14)9(13(15,16)17)7-12(11)19(20)21/h7-8,18H,2-6H2,1H3. The molecule has 0 heterocycles. The number of nitrogens with zero attached hydrogens (tertiary/aromatic N) is 1. The van der Waals surface area contributed by atoms with Crippen LogP contribution in [0.5, 0.6) is 0 Å². The molecule has 0 amide bonds. The zero-order valence-corrected chi connectivity index (χ0v) is 13.0. The van der Waals surface area contributed by atoms with Crippen LogP contribution in [0.3, 0.4) is 0 Å². The first-order chi connectivity index (χ1) is 10.8. The van der Waals surface area contributed by atoms with E-state index in [1.54, 1.807) is 7.11 Å². The minimum Gasteiger partial charge on any atom is -0.382 e. The van der Waals surface area contributed by atoms with Crippen molar-refractivity contribution in [3.05, 3.63) is 32.8 Å². The molecule has 1 aromatic rings. The Hall–Kier alpha value is -1.58. The minimum absolute atomic E-state index is 0.0649. The maximum absolute atomic E-state index is 12.7.